The highest BCUT2D eigenvalue weighted by Crippen LogP contribution is 2.32. The molecule has 2 heterocycles. The lowest BCUT2D eigenvalue weighted by molar-refractivity contribution is 0.0531. The van der Waals surface area contributed by atoms with Crippen molar-refractivity contribution in [2.45, 2.75) is 25.7 Å². The van der Waals surface area contributed by atoms with Gasteiger partial charge in [-0.3, -0.25) is 9.08 Å². The standard InChI is InChI=1S/C20H24N2O6S2/c1-4-27-19(23)18-15(3)13-17(29-18)22-10-9-21(20(22)24)11-12-28-30(25,26)16-7-5-14(2)6-8-16/h5-8,13H,4,9-12H2,1-3H3. The van der Waals surface area contributed by atoms with Crippen LogP contribution in [0.2, 0.25) is 0 Å². The Kier molecular flexibility index (Phi) is 6.79. The third-order valence-electron chi connectivity index (χ3n) is 4.64. The number of carbonyl (C=O) groups excluding carboxylic acids is 2. The fourth-order valence-electron chi connectivity index (χ4n) is 3.02. The summed E-state index contributed by atoms with van der Waals surface area (Å²) in [6, 6.07) is 7.93. The van der Waals surface area contributed by atoms with Crippen molar-refractivity contribution in [2.75, 3.05) is 37.7 Å². The van der Waals surface area contributed by atoms with Crippen molar-refractivity contribution in [3.05, 3.63) is 46.3 Å². The Bertz CT molecular complexity index is 1030. The van der Waals surface area contributed by atoms with Crippen LogP contribution in [0.5, 0.6) is 0 Å². The van der Waals surface area contributed by atoms with Crippen LogP contribution in [-0.4, -0.2) is 58.2 Å². The van der Waals surface area contributed by atoms with Gasteiger partial charge in [-0.15, -0.1) is 11.3 Å². The van der Waals surface area contributed by atoms with Gasteiger partial charge in [-0.05, 0) is 44.5 Å². The van der Waals surface area contributed by atoms with Crippen LogP contribution < -0.4 is 4.90 Å². The normalized spacial score (nSPS) is 14.4. The lowest BCUT2D eigenvalue weighted by Gasteiger charge is -2.17. The van der Waals surface area contributed by atoms with E-state index in [1.807, 2.05) is 6.92 Å². The molecule has 0 spiro atoms. The zero-order valence-electron chi connectivity index (χ0n) is 17.1. The Balaban J connectivity index is 1.59. The van der Waals surface area contributed by atoms with Gasteiger partial charge in [-0.1, -0.05) is 17.7 Å². The molecule has 1 fully saturated rings. The van der Waals surface area contributed by atoms with Crippen LogP contribution in [0.3, 0.4) is 0 Å². The number of carbonyl (C=O) groups is 2. The highest BCUT2D eigenvalue weighted by molar-refractivity contribution is 7.86. The fraction of sp³-hybridized carbons (Fsp3) is 0.400. The van der Waals surface area contributed by atoms with Gasteiger partial charge in [0, 0.05) is 19.6 Å². The molecule has 2 aromatic rings. The van der Waals surface area contributed by atoms with Gasteiger partial charge in [-0.2, -0.15) is 8.42 Å². The van der Waals surface area contributed by atoms with Crippen LogP contribution in [-0.2, 0) is 19.0 Å². The number of anilines is 1. The summed E-state index contributed by atoms with van der Waals surface area (Å²) in [6.45, 7) is 6.60. The van der Waals surface area contributed by atoms with Crippen molar-refractivity contribution >= 4 is 38.5 Å². The minimum Gasteiger partial charge on any atom is -0.462 e. The average Bonchev–Trinajstić information content (AvgIpc) is 3.25. The second kappa shape index (κ2) is 9.15. The number of urea groups is 1. The van der Waals surface area contributed by atoms with Gasteiger partial charge < -0.3 is 9.64 Å². The molecule has 0 atom stereocenters. The van der Waals surface area contributed by atoms with Crippen molar-refractivity contribution in [1.29, 1.82) is 0 Å². The zero-order valence-corrected chi connectivity index (χ0v) is 18.7. The van der Waals surface area contributed by atoms with Crippen molar-refractivity contribution in [1.82, 2.24) is 4.90 Å². The Labute approximate surface area is 180 Å². The number of hydrogen-bond donors (Lipinski definition) is 0. The maximum atomic E-state index is 12.7. The molecule has 1 aliphatic heterocycles. The highest BCUT2D eigenvalue weighted by atomic mass is 32.2. The molecule has 2 amide bonds. The molecule has 0 unspecified atom stereocenters. The molecule has 10 heteroatoms. The van der Waals surface area contributed by atoms with Crippen LogP contribution in [0.4, 0.5) is 9.80 Å². The van der Waals surface area contributed by atoms with E-state index >= 15 is 0 Å². The first-order chi connectivity index (χ1) is 14.2. The third kappa shape index (κ3) is 4.82. The van der Waals surface area contributed by atoms with E-state index in [4.69, 9.17) is 8.92 Å². The topological polar surface area (TPSA) is 93.2 Å². The van der Waals surface area contributed by atoms with E-state index in [1.54, 1.807) is 36.9 Å². The maximum Gasteiger partial charge on any atom is 0.348 e. The van der Waals surface area contributed by atoms with Gasteiger partial charge in [0.25, 0.3) is 10.1 Å². The monoisotopic (exact) mass is 452 g/mol. The molecular weight excluding hydrogens is 428 g/mol. The average molecular weight is 453 g/mol. The van der Waals surface area contributed by atoms with Crippen molar-refractivity contribution in [2.24, 2.45) is 0 Å². The molecule has 3 rings (SSSR count). The van der Waals surface area contributed by atoms with E-state index in [-0.39, 0.29) is 30.7 Å². The largest absolute Gasteiger partial charge is 0.462 e. The van der Waals surface area contributed by atoms with E-state index < -0.39 is 16.1 Å². The molecule has 0 saturated carbocycles. The number of nitrogens with zero attached hydrogens (tertiary/aromatic N) is 2. The molecular formula is C20H24N2O6S2. The number of thiophene rings is 1. The predicted molar refractivity (Wildman–Crippen MR) is 114 cm³/mol. The third-order valence-corrected chi connectivity index (χ3v) is 7.20. The molecule has 0 radical (unpaired) electrons. The molecule has 1 aliphatic rings. The van der Waals surface area contributed by atoms with E-state index in [9.17, 15) is 18.0 Å². The highest BCUT2D eigenvalue weighted by Gasteiger charge is 2.32. The Morgan fingerprint density at radius 1 is 1.17 bits per heavy atom. The van der Waals surface area contributed by atoms with Gasteiger partial charge in [0.05, 0.1) is 18.1 Å². The summed E-state index contributed by atoms with van der Waals surface area (Å²) >= 11 is 1.21. The summed E-state index contributed by atoms with van der Waals surface area (Å²) in [5.41, 5.74) is 1.71. The zero-order chi connectivity index (χ0) is 21.9. The summed E-state index contributed by atoms with van der Waals surface area (Å²) in [5, 5.41) is 0.663. The quantitative estimate of drug-likeness (QED) is 0.451. The van der Waals surface area contributed by atoms with Crippen molar-refractivity contribution < 1.29 is 26.9 Å². The van der Waals surface area contributed by atoms with E-state index in [1.165, 1.54) is 28.4 Å². The first-order valence-corrected chi connectivity index (χ1v) is 11.8. The molecule has 1 aromatic carbocycles. The van der Waals surface area contributed by atoms with Crippen LogP contribution in [0, 0.1) is 13.8 Å². The Morgan fingerprint density at radius 2 is 1.87 bits per heavy atom. The van der Waals surface area contributed by atoms with Crippen LogP contribution in [0.25, 0.3) is 0 Å². The van der Waals surface area contributed by atoms with Gasteiger partial charge in [0.1, 0.15) is 9.88 Å². The second-order valence-corrected chi connectivity index (χ2v) is 9.47. The number of amides is 2. The number of rotatable bonds is 8. The number of benzene rings is 1. The maximum absolute atomic E-state index is 12.7. The predicted octanol–water partition coefficient (Wildman–Crippen LogP) is 3.19. The second-order valence-electron chi connectivity index (χ2n) is 6.83. The fourth-order valence-corrected chi connectivity index (χ4v) is 5.01. The van der Waals surface area contributed by atoms with Crippen LogP contribution in [0.1, 0.15) is 27.7 Å². The number of esters is 1. The summed E-state index contributed by atoms with van der Waals surface area (Å²) in [7, 11) is -3.87. The summed E-state index contributed by atoms with van der Waals surface area (Å²) in [6.07, 6.45) is 0. The Hall–Kier alpha value is -2.43. The molecule has 1 saturated heterocycles. The number of ether oxygens (including phenoxy) is 1. The Morgan fingerprint density at radius 3 is 2.53 bits per heavy atom. The van der Waals surface area contributed by atoms with E-state index in [2.05, 4.69) is 0 Å². The van der Waals surface area contributed by atoms with Crippen LogP contribution >= 0.6 is 11.3 Å². The number of hydrogen-bond acceptors (Lipinski definition) is 7. The first-order valence-electron chi connectivity index (χ1n) is 9.53. The van der Waals surface area contributed by atoms with Gasteiger partial charge in [0.2, 0.25) is 0 Å². The van der Waals surface area contributed by atoms with E-state index in [0.717, 1.165) is 11.1 Å². The van der Waals surface area contributed by atoms with Gasteiger partial charge in [-0.25, -0.2) is 9.59 Å². The van der Waals surface area contributed by atoms with Crippen LogP contribution in [0.15, 0.2) is 35.2 Å². The molecule has 0 aliphatic carbocycles. The minimum atomic E-state index is -3.87. The molecule has 162 valence electrons. The van der Waals surface area contributed by atoms with Gasteiger partial charge in [0.15, 0.2) is 0 Å². The van der Waals surface area contributed by atoms with Crippen molar-refractivity contribution in [3.8, 4) is 0 Å². The van der Waals surface area contributed by atoms with Gasteiger partial charge >= 0.3 is 12.0 Å². The number of aryl methyl sites for hydroxylation is 2. The SMILES string of the molecule is CCOC(=O)c1sc(N2CCN(CCOS(=O)(=O)c3ccc(C)cc3)C2=O)cc1C. The molecule has 30 heavy (non-hydrogen) atoms. The molecule has 1 aromatic heterocycles. The van der Waals surface area contributed by atoms with E-state index in [0.29, 0.717) is 23.0 Å². The minimum absolute atomic E-state index is 0.0861. The summed E-state index contributed by atoms with van der Waals surface area (Å²) < 4.78 is 34.7. The lowest BCUT2D eigenvalue weighted by Crippen LogP contribution is -2.34. The lowest BCUT2D eigenvalue weighted by atomic mass is 10.2. The van der Waals surface area contributed by atoms with Crippen molar-refractivity contribution in [3.63, 3.8) is 0 Å². The molecule has 8 nitrogen and oxygen atoms in total. The first kappa shape index (κ1) is 22.3. The molecule has 0 N–H and O–H groups in total. The summed E-state index contributed by atoms with van der Waals surface area (Å²) in [4.78, 5) is 28.4. The molecule has 0 bridgehead atoms. The smallest absolute Gasteiger partial charge is 0.348 e. The summed E-state index contributed by atoms with van der Waals surface area (Å²) in [5.74, 6) is -0.399.